The number of fused-ring (bicyclic) bond motifs is 4. The molecule has 1 aliphatic heterocycles. The minimum absolute atomic E-state index is 0.0162. The van der Waals surface area contributed by atoms with E-state index in [4.69, 9.17) is 21.3 Å². The first-order chi connectivity index (χ1) is 18.5. The highest BCUT2D eigenvalue weighted by atomic mass is 35.5. The Hall–Kier alpha value is -4.18. The van der Waals surface area contributed by atoms with E-state index in [0.717, 1.165) is 46.7 Å². The largest absolute Gasteiger partial charge is 0.492 e. The Kier molecular flexibility index (Phi) is 5.26. The molecule has 5 heterocycles. The number of H-pyrrole nitrogens is 1. The normalized spacial score (nSPS) is 20.2. The summed E-state index contributed by atoms with van der Waals surface area (Å²) >= 11 is 6.05. The molecule has 1 saturated heterocycles. The molecule has 11 heteroatoms. The van der Waals surface area contributed by atoms with E-state index in [0.29, 0.717) is 24.1 Å². The highest BCUT2D eigenvalue weighted by Crippen LogP contribution is 2.47. The lowest BCUT2D eigenvalue weighted by molar-refractivity contribution is 0.0943. The van der Waals surface area contributed by atoms with Crippen LogP contribution in [0.3, 0.4) is 0 Å². The summed E-state index contributed by atoms with van der Waals surface area (Å²) in [5, 5.41) is 15.6. The van der Waals surface area contributed by atoms with Gasteiger partial charge >= 0.3 is 0 Å². The van der Waals surface area contributed by atoms with Gasteiger partial charge < -0.3 is 15.0 Å². The number of ether oxygens (including phenoxy) is 1. The molecule has 0 spiro atoms. The number of nitrogens with one attached hydrogen (secondary N) is 2. The van der Waals surface area contributed by atoms with Gasteiger partial charge in [-0.3, -0.25) is 9.89 Å². The van der Waals surface area contributed by atoms with E-state index in [1.165, 1.54) is 18.2 Å². The van der Waals surface area contributed by atoms with Crippen molar-refractivity contribution >= 4 is 39.9 Å². The zero-order chi connectivity index (χ0) is 26.0. The number of anilines is 1. The Morgan fingerprint density at radius 3 is 2.82 bits per heavy atom. The van der Waals surface area contributed by atoms with E-state index in [1.807, 2.05) is 36.0 Å². The predicted molar refractivity (Wildman–Crippen MR) is 141 cm³/mol. The molecule has 1 amide bonds. The Morgan fingerprint density at radius 1 is 1.24 bits per heavy atom. The van der Waals surface area contributed by atoms with Gasteiger partial charge in [-0.1, -0.05) is 17.7 Å². The lowest BCUT2D eigenvalue weighted by Gasteiger charge is -2.21. The molecule has 9 nitrogen and oxygen atoms in total. The molecule has 1 aliphatic carbocycles. The summed E-state index contributed by atoms with van der Waals surface area (Å²) < 4.78 is 21.7. The fourth-order valence-electron chi connectivity index (χ4n) is 5.60. The molecule has 1 unspecified atom stereocenters. The van der Waals surface area contributed by atoms with Gasteiger partial charge in [0, 0.05) is 48.3 Å². The number of carbonyl (C=O) groups is 1. The van der Waals surface area contributed by atoms with Crippen LogP contribution in [0.1, 0.15) is 17.3 Å². The zero-order valence-electron chi connectivity index (χ0n) is 20.4. The molecular weight excluding hydrogens is 509 g/mol. The van der Waals surface area contributed by atoms with Gasteiger partial charge in [-0.2, -0.15) is 5.10 Å². The van der Waals surface area contributed by atoms with Gasteiger partial charge in [0.15, 0.2) is 5.65 Å². The molecule has 2 fully saturated rings. The summed E-state index contributed by atoms with van der Waals surface area (Å²) in [5.74, 6) is 1.13. The molecular formula is C27H23ClFN7O2. The number of hydrogen-bond donors (Lipinski definition) is 2. The number of rotatable bonds is 6. The lowest BCUT2D eigenvalue weighted by Crippen LogP contribution is -2.35. The number of aromatic amines is 1. The van der Waals surface area contributed by atoms with Gasteiger partial charge in [0.25, 0.3) is 5.91 Å². The predicted octanol–water partition coefficient (Wildman–Crippen LogP) is 4.33. The van der Waals surface area contributed by atoms with E-state index in [1.54, 1.807) is 6.20 Å². The van der Waals surface area contributed by atoms with Crippen LogP contribution in [0.4, 0.5) is 10.2 Å². The lowest BCUT2D eigenvalue weighted by atomic mass is 10.1. The number of pyridine rings is 2. The van der Waals surface area contributed by atoms with Crippen molar-refractivity contribution in [2.45, 2.75) is 13.0 Å². The Balaban J connectivity index is 1.08. The highest BCUT2D eigenvalue weighted by molar-refractivity contribution is 6.33. The fraction of sp³-hybridized carbons (Fsp3) is 0.259. The van der Waals surface area contributed by atoms with Gasteiger partial charge in [0.2, 0.25) is 0 Å². The quantitative estimate of drug-likeness (QED) is 0.338. The second-order valence-corrected chi connectivity index (χ2v) is 10.1. The van der Waals surface area contributed by atoms with Gasteiger partial charge in [-0.15, -0.1) is 5.10 Å². The van der Waals surface area contributed by atoms with Crippen LogP contribution < -0.4 is 15.0 Å². The smallest absolute Gasteiger partial charge is 0.256 e. The van der Waals surface area contributed by atoms with Gasteiger partial charge in [0.05, 0.1) is 40.5 Å². The van der Waals surface area contributed by atoms with Crippen LogP contribution >= 0.6 is 11.6 Å². The summed E-state index contributed by atoms with van der Waals surface area (Å²) in [4.78, 5) is 19.6. The minimum Gasteiger partial charge on any atom is -0.492 e. The molecule has 3 atom stereocenters. The minimum atomic E-state index is -0.611. The number of carbonyl (C=O) groups excluding carboxylic acids is 1. The first-order valence-electron chi connectivity index (χ1n) is 12.5. The number of aromatic nitrogens is 5. The van der Waals surface area contributed by atoms with Crippen molar-refractivity contribution in [3.8, 4) is 16.9 Å². The van der Waals surface area contributed by atoms with Crippen LogP contribution in [-0.4, -0.2) is 56.4 Å². The van der Waals surface area contributed by atoms with E-state index >= 15 is 0 Å². The number of amides is 1. The summed E-state index contributed by atoms with van der Waals surface area (Å²) in [6.07, 6.45) is 5.50. The molecule has 7 rings (SSSR count). The molecule has 2 aliphatic rings. The van der Waals surface area contributed by atoms with Crippen LogP contribution in [0.5, 0.6) is 5.75 Å². The number of hydrogen-bond acceptors (Lipinski definition) is 6. The van der Waals surface area contributed by atoms with Crippen molar-refractivity contribution in [3.63, 3.8) is 0 Å². The second kappa shape index (κ2) is 8.70. The number of piperidine rings is 1. The Bertz CT molecular complexity index is 1670. The summed E-state index contributed by atoms with van der Waals surface area (Å²) in [6.45, 7) is 4.04. The monoisotopic (exact) mass is 531 g/mol. The molecule has 38 heavy (non-hydrogen) atoms. The van der Waals surface area contributed by atoms with E-state index in [2.05, 4.69) is 31.6 Å². The molecule has 5 aromatic rings. The molecule has 2 N–H and O–H groups in total. The van der Waals surface area contributed by atoms with Crippen LogP contribution in [0, 0.1) is 17.7 Å². The molecule has 1 aromatic carbocycles. The van der Waals surface area contributed by atoms with Crippen molar-refractivity contribution < 1.29 is 13.9 Å². The third kappa shape index (κ3) is 3.66. The van der Waals surface area contributed by atoms with Crippen molar-refractivity contribution in [3.05, 3.63) is 71.4 Å². The van der Waals surface area contributed by atoms with Crippen LogP contribution in [-0.2, 0) is 0 Å². The number of nitrogens with zero attached hydrogens (tertiary/aromatic N) is 5. The molecule has 0 bridgehead atoms. The topological polar surface area (TPSA) is 100 Å². The standard InChI is InChI=1S/C27H23ClFN7O2/c1-2-38-15-8-16(25-17-10-31-33-26(17)34-36(25)11-15)14-6-7-22(30-9-14)35-12-18-19(13-35)24(18)32-27(37)23-20(28)4-3-5-21(23)29/h3-11,18-19,24H,2,12-13H2,1H3,(H,32,37)(H,33,34)/t18-,19+,24?. The van der Waals surface area contributed by atoms with Crippen LogP contribution in [0.2, 0.25) is 5.02 Å². The summed E-state index contributed by atoms with van der Waals surface area (Å²) in [7, 11) is 0. The third-order valence-electron chi connectivity index (χ3n) is 7.48. The molecule has 192 valence electrons. The van der Waals surface area contributed by atoms with Gasteiger partial charge in [0.1, 0.15) is 17.4 Å². The first kappa shape index (κ1) is 23.0. The third-order valence-corrected chi connectivity index (χ3v) is 7.79. The molecule has 4 aromatic heterocycles. The van der Waals surface area contributed by atoms with Crippen molar-refractivity contribution in [1.82, 2.24) is 30.1 Å². The van der Waals surface area contributed by atoms with Crippen LogP contribution in [0.25, 0.3) is 27.7 Å². The Morgan fingerprint density at radius 2 is 2.08 bits per heavy atom. The average molecular weight is 532 g/mol. The fourth-order valence-corrected chi connectivity index (χ4v) is 5.85. The molecule has 1 saturated carbocycles. The maximum absolute atomic E-state index is 14.1. The average Bonchev–Trinajstić information content (AvgIpc) is 3.31. The number of halogens is 2. The van der Waals surface area contributed by atoms with Crippen molar-refractivity contribution in [2.75, 3.05) is 24.6 Å². The number of benzene rings is 1. The van der Waals surface area contributed by atoms with Crippen molar-refractivity contribution in [1.29, 1.82) is 0 Å². The van der Waals surface area contributed by atoms with E-state index < -0.39 is 11.7 Å². The second-order valence-electron chi connectivity index (χ2n) is 9.68. The van der Waals surface area contributed by atoms with Gasteiger partial charge in [-0.05, 0) is 37.3 Å². The first-order valence-corrected chi connectivity index (χ1v) is 12.8. The Labute approximate surface area is 221 Å². The maximum atomic E-state index is 14.1. The SMILES string of the molecule is CCOc1cc(-c2ccc(N3C[C@@H]4C(NC(=O)c5c(F)cccc5Cl)[C@@H]4C3)nc2)c2c3cn[nH]c3nn2c1. The molecule has 0 radical (unpaired) electrons. The highest BCUT2D eigenvalue weighted by Gasteiger charge is 2.56. The zero-order valence-corrected chi connectivity index (χ0v) is 21.1. The van der Waals surface area contributed by atoms with E-state index in [-0.39, 0.29) is 16.6 Å². The van der Waals surface area contributed by atoms with E-state index in [9.17, 15) is 9.18 Å². The van der Waals surface area contributed by atoms with Crippen molar-refractivity contribution in [2.24, 2.45) is 11.8 Å². The summed E-state index contributed by atoms with van der Waals surface area (Å²) in [6, 6.07) is 10.3. The van der Waals surface area contributed by atoms with Crippen LogP contribution in [0.15, 0.2) is 55.0 Å². The maximum Gasteiger partial charge on any atom is 0.256 e. The summed E-state index contributed by atoms with van der Waals surface area (Å²) in [5.41, 5.74) is 3.45. The van der Waals surface area contributed by atoms with Gasteiger partial charge in [-0.25, -0.2) is 13.9 Å².